The zero-order valence-electron chi connectivity index (χ0n) is 11.3. The van der Waals surface area contributed by atoms with E-state index < -0.39 is 6.08 Å². The van der Waals surface area contributed by atoms with Crippen LogP contribution >= 0.6 is 0 Å². The number of fused-ring (bicyclic) bond motifs is 1. The van der Waals surface area contributed by atoms with Crippen molar-refractivity contribution < 1.29 is 13.2 Å². The van der Waals surface area contributed by atoms with Gasteiger partial charge in [-0.15, -0.1) is 0 Å². The summed E-state index contributed by atoms with van der Waals surface area (Å²) in [7, 11) is 0. The van der Waals surface area contributed by atoms with Crippen LogP contribution in [0, 0.1) is 0 Å². The molecule has 0 saturated carbocycles. The van der Waals surface area contributed by atoms with Gasteiger partial charge >= 0.3 is 0 Å². The largest absolute Gasteiger partial charge is 0.457 e. The maximum Gasteiger partial charge on any atom is 0.270 e. The molecule has 0 N–H and O–H groups in total. The standard InChI is InChI=1S/C10H8O.C8H6F2/c1-2-9-7-8-5-3-4-6-10(8)11-9;9-8(10)6-7-4-2-1-3-5-7/h2-7H,1H2;1-6H. The highest BCUT2D eigenvalue weighted by Gasteiger charge is 1.97. The molecule has 0 aliphatic rings. The van der Waals surface area contributed by atoms with Crippen molar-refractivity contribution in [2.75, 3.05) is 0 Å². The Kier molecular flexibility index (Phi) is 5.04. The van der Waals surface area contributed by atoms with Crippen LogP contribution in [0.15, 0.2) is 77.7 Å². The number of hydrogen-bond donors (Lipinski definition) is 0. The van der Waals surface area contributed by atoms with Crippen LogP contribution < -0.4 is 0 Å². The summed E-state index contributed by atoms with van der Waals surface area (Å²) in [5, 5.41) is 1.13. The van der Waals surface area contributed by atoms with Gasteiger partial charge < -0.3 is 4.42 Å². The Morgan fingerprint density at radius 3 is 2.24 bits per heavy atom. The van der Waals surface area contributed by atoms with Gasteiger partial charge in [0.15, 0.2) is 0 Å². The van der Waals surface area contributed by atoms with Crippen molar-refractivity contribution in [3.05, 3.63) is 84.6 Å². The van der Waals surface area contributed by atoms with Gasteiger partial charge in [-0.2, -0.15) is 8.78 Å². The van der Waals surface area contributed by atoms with Crippen LogP contribution in [-0.4, -0.2) is 0 Å². The van der Waals surface area contributed by atoms with Crippen LogP contribution in [-0.2, 0) is 0 Å². The first-order valence-corrected chi connectivity index (χ1v) is 6.38. The molecule has 1 aromatic heterocycles. The van der Waals surface area contributed by atoms with Crippen LogP contribution in [0.3, 0.4) is 0 Å². The lowest BCUT2D eigenvalue weighted by atomic mass is 10.2. The third-order valence-corrected chi connectivity index (χ3v) is 2.72. The molecule has 0 bridgehead atoms. The minimum absolute atomic E-state index is 0.530. The molecule has 1 nitrogen and oxygen atoms in total. The average Bonchev–Trinajstić information content (AvgIpc) is 2.91. The maximum absolute atomic E-state index is 11.6. The monoisotopic (exact) mass is 284 g/mol. The molecule has 3 aromatic rings. The third-order valence-electron chi connectivity index (χ3n) is 2.72. The Balaban J connectivity index is 0.000000155. The number of furan rings is 1. The highest BCUT2D eigenvalue weighted by atomic mass is 19.3. The van der Waals surface area contributed by atoms with E-state index in [1.165, 1.54) is 0 Å². The van der Waals surface area contributed by atoms with Gasteiger partial charge in [-0.05, 0) is 23.8 Å². The fraction of sp³-hybridized carbons (Fsp3) is 0. The minimum Gasteiger partial charge on any atom is -0.457 e. The highest BCUT2D eigenvalue weighted by molar-refractivity contribution is 5.79. The molecule has 21 heavy (non-hydrogen) atoms. The van der Waals surface area contributed by atoms with Gasteiger partial charge in [-0.1, -0.05) is 55.1 Å². The van der Waals surface area contributed by atoms with E-state index in [1.807, 2.05) is 30.3 Å². The average molecular weight is 284 g/mol. The lowest BCUT2D eigenvalue weighted by Gasteiger charge is -1.87. The molecular weight excluding hydrogens is 270 g/mol. The molecule has 0 spiro atoms. The quantitative estimate of drug-likeness (QED) is 0.562. The second kappa shape index (κ2) is 7.20. The zero-order valence-corrected chi connectivity index (χ0v) is 11.3. The molecule has 1 heterocycles. The number of para-hydroxylation sites is 1. The minimum atomic E-state index is -1.66. The lowest BCUT2D eigenvalue weighted by molar-refractivity contribution is 0.429. The molecule has 0 saturated heterocycles. The normalized spacial score (nSPS) is 9.62. The second-order valence-corrected chi connectivity index (χ2v) is 4.24. The van der Waals surface area contributed by atoms with Gasteiger partial charge in [0.05, 0.1) is 0 Å². The summed E-state index contributed by atoms with van der Waals surface area (Å²) < 4.78 is 28.6. The Labute approximate surface area is 121 Å². The van der Waals surface area contributed by atoms with E-state index in [0.717, 1.165) is 22.8 Å². The van der Waals surface area contributed by atoms with Gasteiger partial charge in [0.1, 0.15) is 11.3 Å². The number of hydrogen-bond acceptors (Lipinski definition) is 1. The predicted molar refractivity (Wildman–Crippen MR) is 82.9 cm³/mol. The van der Waals surface area contributed by atoms with Gasteiger partial charge in [0.2, 0.25) is 0 Å². The summed E-state index contributed by atoms with van der Waals surface area (Å²) in [6.07, 6.45) is 0.881. The Hall–Kier alpha value is -2.68. The summed E-state index contributed by atoms with van der Waals surface area (Å²) in [5.74, 6) is 0.825. The van der Waals surface area contributed by atoms with E-state index in [0.29, 0.717) is 5.56 Å². The van der Waals surface area contributed by atoms with Crippen molar-refractivity contribution in [2.45, 2.75) is 0 Å². The molecule has 0 radical (unpaired) electrons. The number of rotatable bonds is 2. The molecule has 3 heteroatoms. The fourth-order valence-electron chi connectivity index (χ4n) is 1.78. The van der Waals surface area contributed by atoms with Crippen molar-refractivity contribution in [1.29, 1.82) is 0 Å². The van der Waals surface area contributed by atoms with Gasteiger partial charge in [-0.25, -0.2) is 0 Å². The molecule has 0 aliphatic heterocycles. The number of benzene rings is 2. The maximum atomic E-state index is 11.6. The fourth-order valence-corrected chi connectivity index (χ4v) is 1.78. The molecule has 0 fully saturated rings. The summed E-state index contributed by atoms with van der Waals surface area (Å²) in [6.45, 7) is 3.63. The van der Waals surface area contributed by atoms with Gasteiger partial charge in [0.25, 0.3) is 6.08 Å². The van der Waals surface area contributed by atoms with E-state index in [1.54, 1.807) is 36.4 Å². The van der Waals surface area contributed by atoms with Crippen LogP contribution in [0.4, 0.5) is 8.78 Å². The van der Waals surface area contributed by atoms with E-state index in [4.69, 9.17) is 4.42 Å². The Bertz CT molecular complexity index is 705. The second-order valence-electron chi connectivity index (χ2n) is 4.24. The third kappa shape index (κ3) is 4.42. The highest BCUT2D eigenvalue weighted by Crippen LogP contribution is 2.18. The molecule has 0 unspecified atom stereocenters. The van der Waals surface area contributed by atoms with Crippen molar-refractivity contribution in [2.24, 2.45) is 0 Å². The number of halogens is 2. The molecule has 0 aliphatic carbocycles. The topological polar surface area (TPSA) is 13.1 Å². The predicted octanol–water partition coefficient (Wildman–Crippen LogP) is 6.00. The first kappa shape index (κ1) is 14.7. The van der Waals surface area contributed by atoms with Crippen molar-refractivity contribution >= 4 is 23.1 Å². The zero-order chi connectivity index (χ0) is 15.1. The SMILES string of the molecule is C=Cc1cc2ccccc2o1.FC(F)=Cc1ccccc1. The van der Waals surface area contributed by atoms with Crippen LogP contribution in [0.25, 0.3) is 23.1 Å². The molecule has 3 rings (SSSR count). The van der Waals surface area contributed by atoms with Crippen molar-refractivity contribution in [1.82, 2.24) is 0 Å². The Morgan fingerprint density at radius 2 is 1.62 bits per heavy atom. The Morgan fingerprint density at radius 1 is 0.952 bits per heavy atom. The van der Waals surface area contributed by atoms with Crippen LogP contribution in [0.5, 0.6) is 0 Å². The van der Waals surface area contributed by atoms with Gasteiger partial charge in [0, 0.05) is 11.5 Å². The van der Waals surface area contributed by atoms with Crippen molar-refractivity contribution in [3.8, 4) is 0 Å². The summed E-state index contributed by atoms with van der Waals surface area (Å²) in [5.41, 5.74) is 1.45. The summed E-state index contributed by atoms with van der Waals surface area (Å²) >= 11 is 0. The van der Waals surface area contributed by atoms with Crippen LogP contribution in [0.2, 0.25) is 0 Å². The molecule has 0 amide bonds. The van der Waals surface area contributed by atoms with E-state index in [9.17, 15) is 8.78 Å². The van der Waals surface area contributed by atoms with Crippen LogP contribution in [0.1, 0.15) is 11.3 Å². The van der Waals surface area contributed by atoms with E-state index in [-0.39, 0.29) is 0 Å². The van der Waals surface area contributed by atoms with E-state index in [2.05, 4.69) is 6.58 Å². The van der Waals surface area contributed by atoms with E-state index >= 15 is 0 Å². The first-order valence-electron chi connectivity index (χ1n) is 6.38. The smallest absolute Gasteiger partial charge is 0.270 e. The van der Waals surface area contributed by atoms with Gasteiger partial charge in [-0.3, -0.25) is 0 Å². The molecule has 2 aromatic carbocycles. The summed E-state index contributed by atoms with van der Waals surface area (Å²) in [4.78, 5) is 0. The first-order chi connectivity index (χ1) is 10.2. The molecule has 0 atom stereocenters. The van der Waals surface area contributed by atoms with Crippen molar-refractivity contribution in [3.63, 3.8) is 0 Å². The summed E-state index contributed by atoms with van der Waals surface area (Å²) in [6, 6.07) is 18.4. The molecule has 106 valence electrons. The molecular formula is C18H14F2O. The lowest BCUT2D eigenvalue weighted by Crippen LogP contribution is -1.67.